The van der Waals surface area contributed by atoms with Gasteiger partial charge in [-0.1, -0.05) is 37.8 Å². The highest BCUT2D eigenvalue weighted by atomic mass is 35.5. The number of thiol groups is 1. The Balaban J connectivity index is 2.00. The molecule has 0 N–H and O–H groups in total. The van der Waals surface area contributed by atoms with Crippen molar-refractivity contribution in [3.63, 3.8) is 0 Å². The van der Waals surface area contributed by atoms with Gasteiger partial charge in [-0.05, 0) is 48.8 Å². The van der Waals surface area contributed by atoms with E-state index in [0.29, 0.717) is 0 Å². The third-order valence-corrected chi connectivity index (χ3v) is 5.23. The lowest BCUT2D eigenvalue weighted by Crippen LogP contribution is -2.32. The van der Waals surface area contributed by atoms with Crippen molar-refractivity contribution >= 4 is 24.2 Å². The van der Waals surface area contributed by atoms with Gasteiger partial charge in [0.05, 0.1) is 6.61 Å². The Morgan fingerprint density at radius 1 is 1.26 bits per heavy atom. The van der Waals surface area contributed by atoms with E-state index < -0.39 is 0 Å². The van der Waals surface area contributed by atoms with Crippen LogP contribution in [0.5, 0.6) is 5.75 Å². The van der Waals surface area contributed by atoms with Gasteiger partial charge >= 0.3 is 0 Å². The third-order valence-electron chi connectivity index (χ3n) is 4.19. The molecule has 1 aliphatic carbocycles. The number of halogens is 1. The third kappa shape index (κ3) is 3.82. The van der Waals surface area contributed by atoms with E-state index in [1.54, 1.807) is 0 Å². The summed E-state index contributed by atoms with van der Waals surface area (Å²) in [7, 11) is 0. The van der Waals surface area contributed by atoms with Crippen LogP contribution in [0.15, 0.2) is 18.2 Å². The lowest BCUT2D eigenvalue weighted by Gasteiger charge is -2.35. The molecule has 19 heavy (non-hydrogen) atoms. The quantitative estimate of drug-likeness (QED) is 0.739. The minimum atomic E-state index is 0.271. The maximum atomic E-state index is 6.13. The van der Waals surface area contributed by atoms with Crippen molar-refractivity contribution in [1.82, 2.24) is 0 Å². The molecule has 0 unspecified atom stereocenters. The second-order valence-electron chi connectivity index (χ2n) is 5.61. The Kier molecular flexibility index (Phi) is 5.47. The molecule has 0 saturated heterocycles. The summed E-state index contributed by atoms with van der Waals surface area (Å²) in [4.78, 5) is 0. The van der Waals surface area contributed by atoms with Gasteiger partial charge in [0.2, 0.25) is 0 Å². The average molecular weight is 299 g/mol. The maximum Gasteiger partial charge on any atom is 0.119 e. The summed E-state index contributed by atoms with van der Waals surface area (Å²) in [6.07, 6.45) is 7.40. The lowest BCUT2D eigenvalue weighted by atomic mass is 9.76. The van der Waals surface area contributed by atoms with Crippen molar-refractivity contribution in [2.45, 2.75) is 45.4 Å². The molecule has 0 heterocycles. The van der Waals surface area contributed by atoms with E-state index in [1.807, 2.05) is 12.1 Å². The second kappa shape index (κ2) is 6.90. The Hall–Kier alpha value is -0.340. The molecule has 1 nitrogen and oxygen atoms in total. The van der Waals surface area contributed by atoms with Gasteiger partial charge in [0.15, 0.2) is 0 Å². The van der Waals surface area contributed by atoms with Crippen molar-refractivity contribution in [1.29, 1.82) is 0 Å². The van der Waals surface area contributed by atoms with Crippen LogP contribution in [0.25, 0.3) is 0 Å². The van der Waals surface area contributed by atoms with Crippen molar-refractivity contribution < 1.29 is 4.74 Å². The van der Waals surface area contributed by atoms with Crippen molar-refractivity contribution in [2.75, 3.05) is 12.4 Å². The zero-order valence-electron chi connectivity index (χ0n) is 11.6. The molecule has 0 bridgehead atoms. The van der Waals surface area contributed by atoms with Crippen LogP contribution >= 0.6 is 24.2 Å². The monoisotopic (exact) mass is 298 g/mol. The number of benzene rings is 1. The van der Waals surface area contributed by atoms with Crippen LogP contribution in [-0.4, -0.2) is 12.4 Å². The summed E-state index contributed by atoms with van der Waals surface area (Å²) in [5.74, 6) is 1.86. The van der Waals surface area contributed by atoms with Gasteiger partial charge in [-0.3, -0.25) is 0 Å². The van der Waals surface area contributed by atoms with Gasteiger partial charge in [-0.2, -0.15) is 12.6 Å². The Morgan fingerprint density at radius 3 is 2.63 bits per heavy atom. The molecule has 106 valence electrons. The molecular formula is C16H23ClOS. The molecule has 0 amide bonds. The number of hydrogen-bond donors (Lipinski definition) is 1. The van der Waals surface area contributed by atoms with Crippen LogP contribution < -0.4 is 4.74 Å². The summed E-state index contributed by atoms with van der Waals surface area (Å²) < 4.78 is 6.03. The van der Waals surface area contributed by atoms with Crippen LogP contribution in [-0.2, 0) is 6.42 Å². The van der Waals surface area contributed by atoms with Crippen molar-refractivity contribution in [3.05, 3.63) is 28.8 Å². The molecule has 0 spiro atoms. The van der Waals surface area contributed by atoms with Crippen LogP contribution in [0.3, 0.4) is 0 Å². The Bertz CT molecular complexity index is 413. The van der Waals surface area contributed by atoms with Crippen LogP contribution in [0.2, 0.25) is 5.02 Å². The molecule has 0 radical (unpaired) electrons. The van der Waals surface area contributed by atoms with E-state index in [2.05, 4.69) is 25.6 Å². The summed E-state index contributed by atoms with van der Waals surface area (Å²) >= 11 is 10.7. The zero-order chi connectivity index (χ0) is 13.7. The minimum absolute atomic E-state index is 0.271. The smallest absolute Gasteiger partial charge is 0.119 e. The Morgan fingerprint density at radius 2 is 2.00 bits per heavy atom. The van der Waals surface area contributed by atoms with Crippen molar-refractivity contribution in [2.24, 2.45) is 5.41 Å². The molecule has 0 aromatic heterocycles. The van der Waals surface area contributed by atoms with E-state index in [1.165, 1.54) is 32.1 Å². The van der Waals surface area contributed by atoms with Gasteiger partial charge < -0.3 is 4.74 Å². The molecule has 1 fully saturated rings. The largest absolute Gasteiger partial charge is 0.493 e. The highest BCUT2D eigenvalue weighted by molar-refractivity contribution is 7.80. The second-order valence-corrected chi connectivity index (χ2v) is 6.34. The molecule has 2 rings (SSSR count). The van der Waals surface area contributed by atoms with E-state index in [-0.39, 0.29) is 5.41 Å². The molecule has 0 aliphatic heterocycles. The van der Waals surface area contributed by atoms with Crippen LogP contribution in [0, 0.1) is 5.41 Å². The molecule has 1 aliphatic rings. The first kappa shape index (κ1) is 15.1. The molecule has 1 saturated carbocycles. The molecule has 1 aromatic carbocycles. The lowest BCUT2D eigenvalue weighted by molar-refractivity contribution is 0.121. The molecule has 3 heteroatoms. The van der Waals surface area contributed by atoms with Gasteiger partial charge in [0, 0.05) is 10.4 Å². The number of hydrogen-bond acceptors (Lipinski definition) is 2. The fourth-order valence-electron chi connectivity index (χ4n) is 2.80. The van der Waals surface area contributed by atoms with E-state index >= 15 is 0 Å². The normalized spacial score (nSPS) is 18.3. The zero-order valence-corrected chi connectivity index (χ0v) is 13.3. The van der Waals surface area contributed by atoms with Gasteiger partial charge in [0.1, 0.15) is 5.75 Å². The first-order valence-corrected chi connectivity index (χ1v) is 8.22. The number of rotatable bonds is 5. The van der Waals surface area contributed by atoms with E-state index in [4.69, 9.17) is 16.3 Å². The summed E-state index contributed by atoms with van der Waals surface area (Å²) in [5, 5.41) is 0.830. The van der Waals surface area contributed by atoms with Crippen LogP contribution in [0.4, 0.5) is 0 Å². The first-order valence-electron chi connectivity index (χ1n) is 7.21. The van der Waals surface area contributed by atoms with E-state index in [9.17, 15) is 0 Å². The standard InChI is InChI=1S/C16H23ClOS/c1-2-13-10-14(6-7-15(13)17)18-11-16(12-19)8-4-3-5-9-16/h6-7,10,19H,2-5,8-9,11-12H2,1H3. The minimum Gasteiger partial charge on any atom is -0.493 e. The Labute approximate surface area is 127 Å². The van der Waals surface area contributed by atoms with Gasteiger partial charge in [0.25, 0.3) is 0 Å². The fraction of sp³-hybridized carbons (Fsp3) is 0.625. The average Bonchev–Trinajstić information content (AvgIpc) is 2.47. The molecular weight excluding hydrogens is 276 g/mol. The topological polar surface area (TPSA) is 9.23 Å². The maximum absolute atomic E-state index is 6.13. The van der Waals surface area contributed by atoms with E-state index in [0.717, 1.165) is 35.1 Å². The van der Waals surface area contributed by atoms with Crippen LogP contribution in [0.1, 0.15) is 44.6 Å². The van der Waals surface area contributed by atoms with Gasteiger partial charge in [-0.15, -0.1) is 0 Å². The summed E-state index contributed by atoms with van der Waals surface area (Å²) in [6, 6.07) is 5.97. The SMILES string of the molecule is CCc1cc(OCC2(CS)CCCCC2)ccc1Cl. The summed E-state index contributed by atoms with van der Waals surface area (Å²) in [6.45, 7) is 2.89. The van der Waals surface area contributed by atoms with Crippen molar-refractivity contribution in [3.8, 4) is 5.75 Å². The first-order chi connectivity index (χ1) is 9.19. The summed E-state index contributed by atoms with van der Waals surface area (Å²) in [5.41, 5.74) is 1.43. The molecule has 1 aromatic rings. The highest BCUT2D eigenvalue weighted by Gasteiger charge is 2.31. The highest BCUT2D eigenvalue weighted by Crippen LogP contribution is 2.38. The fourth-order valence-corrected chi connectivity index (χ4v) is 3.46. The molecule has 0 atom stereocenters. The van der Waals surface area contributed by atoms with Gasteiger partial charge in [-0.25, -0.2) is 0 Å². The number of ether oxygens (including phenoxy) is 1. The predicted molar refractivity (Wildman–Crippen MR) is 85.7 cm³/mol. The number of aryl methyl sites for hydroxylation is 1. The predicted octanol–water partition coefficient (Wildman–Crippen LogP) is 5.16.